The molecule has 0 saturated heterocycles. The summed E-state index contributed by atoms with van der Waals surface area (Å²) >= 11 is 0. The summed E-state index contributed by atoms with van der Waals surface area (Å²) in [7, 11) is -2.63. The molecule has 115 valence electrons. The number of carbonyl (C=O) groups excluding carboxylic acids is 1. The predicted octanol–water partition coefficient (Wildman–Crippen LogP) is 2.53. The quantitative estimate of drug-likeness (QED) is 0.754. The van der Waals surface area contributed by atoms with Crippen LogP contribution in [-0.4, -0.2) is 23.2 Å². The SMILES string of the molecule is [B]=S(C)(=O)Nc1cccc(NC(=O)Nc2ccc(C#N)cc2)c1. The summed E-state index contributed by atoms with van der Waals surface area (Å²) in [6.45, 7) is 5.44. The van der Waals surface area contributed by atoms with Crippen molar-refractivity contribution in [2.24, 2.45) is 0 Å². The Morgan fingerprint density at radius 1 is 1.09 bits per heavy atom. The van der Waals surface area contributed by atoms with Crippen LogP contribution in [0.4, 0.5) is 21.9 Å². The second kappa shape index (κ2) is 6.98. The van der Waals surface area contributed by atoms with E-state index < -0.39 is 15.6 Å². The van der Waals surface area contributed by atoms with Crippen molar-refractivity contribution in [3.05, 3.63) is 54.1 Å². The molecule has 0 aliphatic carbocycles. The summed E-state index contributed by atoms with van der Waals surface area (Å²) < 4.78 is 14.2. The predicted molar refractivity (Wildman–Crippen MR) is 93.7 cm³/mol. The number of anilines is 3. The van der Waals surface area contributed by atoms with Crippen molar-refractivity contribution in [2.45, 2.75) is 0 Å². The van der Waals surface area contributed by atoms with E-state index in [1.807, 2.05) is 6.07 Å². The molecule has 6 nitrogen and oxygen atoms in total. The maximum atomic E-state index is 11.9. The van der Waals surface area contributed by atoms with Gasteiger partial charge in [0.15, 0.2) is 0 Å². The van der Waals surface area contributed by atoms with Gasteiger partial charge in [-0.25, -0.2) is 0 Å². The molecule has 0 aliphatic heterocycles. The van der Waals surface area contributed by atoms with Gasteiger partial charge in [-0.3, -0.25) is 0 Å². The molecule has 2 aromatic rings. The number of amides is 2. The van der Waals surface area contributed by atoms with Crippen LogP contribution in [0.15, 0.2) is 48.5 Å². The van der Waals surface area contributed by atoms with Crippen LogP contribution in [-0.2, 0) is 9.55 Å². The average Bonchev–Trinajstić information content (AvgIpc) is 2.46. The zero-order valence-corrected chi connectivity index (χ0v) is 13.2. The molecule has 0 saturated carbocycles. The Balaban J connectivity index is 2.02. The second-order valence-corrected chi connectivity index (χ2v) is 6.87. The first-order chi connectivity index (χ1) is 10.9. The van der Waals surface area contributed by atoms with Gasteiger partial charge in [0.1, 0.15) is 0 Å². The third-order valence-electron chi connectivity index (χ3n) is 2.71. The number of hydrogen-bond donors (Lipinski definition) is 3. The monoisotopic (exact) mass is 325 g/mol. The fourth-order valence-corrected chi connectivity index (χ4v) is 2.41. The molecule has 1 atom stereocenters. The Morgan fingerprint density at radius 3 is 2.30 bits per heavy atom. The first-order valence-corrected chi connectivity index (χ1v) is 8.61. The van der Waals surface area contributed by atoms with Gasteiger partial charge in [0.05, 0.1) is 6.07 Å². The van der Waals surface area contributed by atoms with Gasteiger partial charge in [0, 0.05) is 0 Å². The molecule has 0 bridgehead atoms. The minimum absolute atomic E-state index is 0.433. The van der Waals surface area contributed by atoms with E-state index in [0.29, 0.717) is 22.6 Å². The molecule has 0 aliphatic rings. The van der Waals surface area contributed by atoms with Crippen molar-refractivity contribution < 1.29 is 9.00 Å². The summed E-state index contributed by atoms with van der Waals surface area (Å²) in [5.74, 6) is 0. The van der Waals surface area contributed by atoms with E-state index in [2.05, 4.69) is 15.4 Å². The average molecular weight is 325 g/mol. The molecule has 1 unspecified atom stereocenters. The van der Waals surface area contributed by atoms with Crippen LogP contribution in [0.5, 0.6) is 0 Å². The van der Waals surface area contributed by atoms with Crippen LogP contribution in [0.1, 0.15) is 5.56 Å². The van der Waals surface area contributed by atoms with Crippen molar-refractivity contribution in [2.75, 3.05) is 21.6 Å². The zero-order chi connectivity index (χ0) is 16.9. The Labute approximate surface area is 135 Å². The number of urea groups is 1. The fraction of sp³-hybridized carbons (Fsp3) is 0.0667. The normalized spacial score (nSPS) is 12.5. The molecular formula is C15H14BN4O2S. The van der Waals surface area contributed by atoms with Gasteiger partial charge in [-0.1, -0.05) is 0 Å². The summed E-state index contributed by atoms with van der Waals surface area (Å²) in [5.41, 5.74) is 2.13. The van der Waals surface area contributed by atoms with Crippen LogP contribution < -0.4 is 15.4 Å². The number of rotatable bonds is 4. The third-order valence-corrected chi connectivity index (χ3v) is 3.35. The molecule has 1 radical (unpaired) electrons. The number of carbonyl (C=O) groups is 1. The molecule has 8 heteroatoms. The Morgan fingerprint density at radius 2 is 1.70 bits per heavy atom. The molecule has 23 heavy (non-hydrogen) atoms. The minimum atomic E-state index is -2.63. The molecular weight excluding hydrogens is 311 g/mol. The van der Waals surface area contributed by atoms with Crippen LogP contribution >= 0.6 is 0 Å². The van der Waals surface area contributed by atoms with Crippen molar-refractivity contribution in [3.63, 3.8) is 0 Å². The van der Waals surface area contributed by atoms with E-state index in [9.17, 15) is 9.00 Å². The van der Waals surface area contributed by atoms with Gasteiger partial charge < -0.3 is 0 Å². The summed E-state index contributed by atoms with van der Waals surface area (Å²) in [6, 6.07) is 14.8. The molecule has 0 heterocycles. The molecule has 3 N–H and O–H groups in total. The first-order valence-electron chi connectivity index (χ1n) is 6.59. The van der Waals surface area contributed by atoms with Gasteiger partial charge in [0.25, 0.3) is 0 Å². The van der Waals surface area contributed by atoms with Gasteiger partial charge in [-0.15, -0.1) is 0 Å². The summed E-state index contributed by atoms with van der Waals surface area (Å²) in [5, 5.41) is 14.0. The van der Waals surface area contributed by atoms with Gasteiger partial charge in [-0.2, -0.15) is 5.26 Å². The van der Waals surface area contributed by atoms with E-state index >= 15 is 0 Å². The van der Waals surface area contributed by atoms with E-state index in [1.54, 1.807) is 48.5 Å². The molecule has 2 rings (SSSR count). The van der Waals surface area contributed by atoms with Gasteiger partial charge >= 0.3 is 124 Å². The van der Waals surface area contributed by atoms with Crippen LogP contribution in [0, 0.1) is 11.3 Å². The van der Waals surface area contributed by atoms with Gasteiger partial charge in [0.2, 0.25) is 0 Å². The van der Waals surface area contributed by atoms with E-state index in [-0.39, 0.29) is 0 Å². The number of benzene rings is 2. The van der Waals surface area contributed by atoms with Crippen molar-refractivity contribution in [1.82, 2.24) is 0 Å². The molecule has 2 aromatic carbocycles. The van der Waals surface area contributed by atoms with E-state index in [4.69, 9.17) is 12.0 Å². The fourth-order valence-electron chi connectivity index (χ4n) is 1.82. The Bertz CT molecular complexity index is 858. The Kier molecular flexibility index (Phi) is 5.03. The van der Waals surface area contributed by atoms with E-state index in [0.717, 1.165) is 0 Å². The standard InChI is InChI=1S/C15H14BN4O2S/c1-23(16,22)20-14-4-2-3-13(9-14)19-15(21)18-12-7-5-11(10-17)6-8-12/h2-9H,1H3,(H,20,22)(H2,18,19,21). The van der Waals surface area contributed by atoms with Crippen LogP contribution in [0.2, 0.25) is 0 Å². The molecule has 0 spiro atoms. The zero-order valence-electron chi connectivity index (χ0n) is 12.4. The number of hydrogen-bond acceptors (Lipinski definition) is 3. The summed E-state index contributed by atoms with van der Waals surface area (Å²) in [4.78, 5) is 11.9. The van der Waals surface area contributed by atoms with Gasteiger partial charge in [-0.05, 0) is 0 Å². The van der Waals surface area contributed by atoms with Crippen LogP contribution in [0.25, 0.3) is 0 Å². The summed E-state index contributed by atoms with van der Waals surface area (Å²) in [6.07, 6.45) is 1.38. The number of nitriles is 1. The molecule has 2 amide bonds. The Hall–Kier alpha value is -2.79. The number of nitrogens with one attached hydrogen (secondary N) is 3. The van der Waals surface area contributed by atoms with Crippen molar-refractivity contribution in [3.8, 4) is 6.07 Å². The maximum absolute atomic E-state index is 11.9. The van der Waals surface area contributed by atoms with Crippen LogP contribution in [0.3, 0.4) is 0 Å². The van der Waals surface area contributed by atoms with E-state index in [1.165, 1.54) is 6.26 Å². The second-order valence-electron chi connectivity index (χ2n) is 4.86. The first kappa shape index (κ1) is 16.6. The third kappa shape index (κ3) is 5.49. The van der Waals surface area contributed by atoms with Crippen molar-refractivity contribution >= 4 is 39.4 Å². The van der Waals surface area contributed by atoms with Crippen molar-refractivity contribution in [1.29, 1.82) is 5.26 Å². The number of nitrogens with zero attached hydrogens (tertiary/aromatic N) is 1. The molecule has 0 fully saturated rings. The molecule has 0 aromatic heterocycles. The topological polar surface area (TPSA) is 94.0 Å².